The summed E-state index contributed by atoms with van der Waals surface area (Å²) in [5.74, 6) is -0.102. The predicted molar refractivity (Wildman–Crippen MR) is 71.6 cm³/mol. The lowest BCUT2D eigenvalue weighted by Crippen LogP contribution is -2.36. The van der Waals surface area contributed by atoms with Crippen LogP contribution in [-0.4, -0.2) is 51.7 Å². The van der Waals surface area contributed by atoms with Crippen LogP contribution in [0.4, 0.5) is 0 Å². The molecule has 19 heavy (non-hydrogen) atoms. The Morgan fingerprint density at radius 1 is 1.58 bits per heavy atom. The van der Waals surface area contributed by atoms with Crippen molar-refractivity contribution < 1.29 is 4.79 Å². The number of rotatable bonds is 6. The van der Waals surface area contributed by atoms with Crippen molar-refractivity contribution in [3.63, 3.8) is 0 Å². The van der Waals surface area contributed by atoms with E-state index < -0.39 is 0 Å². The van der Waals surface area contributed by atoms with Gasteiger partial charge in [-0.3, -0.25) is 4.79 Å². The monoisotopic (exact) mass is 280 g/mol. The molecule has 1 N–H and O–H groups in total. The summed E-state index contributed by atoms with van der Waals surface area (Å²) in [6.07, 6.45) is 1.42. The predicted octanol–water partition coefficient (Wildman–Crippen LogP) is 0.154. The summed E-state index contributed by atoms with van der Waals surface area (Å²) in [4.78, 5) is 13.8. The number of tetrazole rings is 1. The zero-order chi connectivity index (χ0) is 13.7. The molecule has 102 valence electrons. The summed E-state index contributed by atoms with van der Waals surface area (Å²) < 4.78 is 1.39. The minimum atomic E-state index is -0.102. The van der Waals surface area contributed by atoms with Crippen molar-refractivity contribution in [1.29, 1.82) is 0 Å². The average Bonchev–Trinajstić information content (AvgIpc) is 3.01. The molecule has 0 aliphatic heterocycles. The fraction of sp³-hybridized carbons (Fsp3) is 0.455. The van der Waals surface area contributed by atoms with E-state index in [1.54, 1.807) is 11.3 Å². The molecule has 1 unspecified atom stereocenters. The highest BCUT2D eigenvalue weighted by atomic mass is 32.1. The number of nitrogens with zero attached hydrogens (tertiary/aromatic N) is 5. The number of likely N-dealkylation sites (N-methyl/N-ethyl adjacent to an activating group) is 1. The van der Waals surface area contributed by atoms with Crippen molar-refractivity contribution in [2.24, 2.45) is 0 Å². The highest BCUT2D eigenvalue weighted by Gasteiger charge is 2.15. The van der Waals surface area contributed by atoms with Crippen molar-refractivity contribution >= 4 is 17.2 Å². The van der Waals surface area contributed by atoms with Gasteiger partial charge in [0.15, 0.2) is 0 Å². The number of amides is 1. The van der Waals surface area contributed by atoms with Crippen LogP contribution in [0.3, 0.4) is 0 Å². The van der Waals surface area contributed by atoms with E-state index >= 15 is 0 Å². The van der Waals surface area contributed by atoms with E-state index in [1.807, 2.05) is 19.5 Å². The molecule has 2 aromatic rings. The molecule has 0 saturated carbocycles. The first-order chi connectivity index (χ1) is 9.16. The maximum atomic E-state index is 11.8. The lowest BCUT2D eigenvalue weighted by atomic mass is 10.1. The molecule has 2 aromatic heterocycles. The quantitative estimate of drug-likeness (QED) is 0.815. The molecule has 0 radical (unpaired) electrons. The molecule has 2 heterocycles. The van der Waals surface area contributed by atoms with E-state index in [2.05, 4.69) is 37.2 Å². The van der Waals surface area contributed by atoms with Gasteiger partial charge in [-0.15, -0.1) is 5.10 Å². The smallest absolute Gasteiger partial charge is 0.241 e. The van der Waals surface area contributed by atoms with Gasteiger partial charge < -0.3 is 10.2 Å². The third-order valence-corrected chi connectivity index (χ3v) is 3.44. The van der Waals surface area contributed by atoms with Gasteiger partial charge >= 0.3 is 0 Å². The summed E-state index contributed by atoms with van der Waals surface area (Å²) in [5, 5.41) is 17.7. The molecule has 1 atom stereocenters. The van der Waals surface area contributed by atoms with Crippen molar-refractivity contribution in [3.05, 3.63) is 28.7 Å². The molecule has 8 heteroatoms. The largest absolute Gasteiger partial charge is 0.353 e. The third-order valence-electron chi connectivity index (χ3n) is 2.74. The van der Waals surface area contributed by atoms with E-state index in [4.69, 9.17) is 0 Å². The van der Waals surface area contributed by atoms with Gasteiger partial charge in [0.2, 0.25) is 5.91 Å². The second kappa shape index (κ2) is 6.39. The van der Waals surface area contributed by atoms with Crippen molar-refractivity contribution in [2.45, 2.75) is 12.6 Å². The second-order valence-corrected chi connectivity index (χ2v) is 5.13. The van der Waals surface area contributed by atoms with Gasteiger partial charge in [0.05, 0.1) is 6.04 Å². The fourth-order valence-electron chi connectivity index (χ4n) is 1.73. The van der Waals surface area contributed by atoms with Crippen LogP contribution in [0.2, 0.25) is 0 Å². The zero-order valence-electron chi connectivity index (χ0n) is 10.9. The SMILES string of the molecule is CN(C)C(CNC(=O)Cn1cnnn1)c1ccsc1. The van der Waals surface area contributed by atoms with Gasteiger partial charge in [-0.1, -0.05) is 0 Å². The molecule has 0 aliphatic rings. The lowest BCUT2D eigenvalue weighted by Gasteiger charge is -2.23. The minimum absolute atomic E-state index is 0.102. The van der Waals surface area contributed by atoms with Gasteiger partial charge in [-0.25, -0.2) is 4.68 Å². The van der Waals surface area contributed by atoms with Gasteiger partial charge in [-0.05, 0) is 46.9 Å². The number of hydrogen-bond donors (Lipinski definition) is 1. The van der Waals surface area contributed by atoms with Gasteiger partial charge in [0, 0.05) is 6.54 Å². The van der Waals surface area contributed by atoms with Gasteiger partial charge in [0.1, 0.15) is 12.9 Å². The van der Waals surface area contributed by atoms with E-state index in [-0.39, 0.29) is 18.5 Å². The van der Waals surface area contributed by atoms with Crippen LogP contribution in [0.15, 0.2) is 23.2 Å². The maximum Gasteiger partial charge on any atom is 0.241 e. The van der Waals surface area contributed by atoms with Crippen LogP contribution in [0.25, 0.3) is 0 Å². The van der Waals surface area contributed by atoms with E-state index in [1.165, 1.54) is 16.6 Å². The van der Waals surface area contributed by atoms with Gasteiger partial charge in [-0.2, -0.15) is 11.3 Å². The number of nitrogens with one attached hydrogen (secondary N) is 1. The number of aromatic nitrogens is 4. The van der Waals surface area contributed by atoms with Crippen molar-refractivity contribution in [1.82, 2.24) is 30.4 Å². The molecular weight excluding hydrogens is 264 g/mol. The van der Waals surface area contributed by atoms with Crippen LogP contribution >= 0.6 is 11.3 Å². The number of carbonyl (C=O) groups excluding carboxylic acids is 1. The lowest BCUT2D eigenvalue weighted by molar-refractivity contribution is -0.122. The van der Waals surface area contributed by atoms with Crippen LogP contribution in [0.1, 0.15) is 11.6 Å². The van der Waals surface area contributed by atoms with Crippen molar-refractivity contribution in [2.75, 3.05) is 20.6 Å². The number of thiophene rings is 1. The molecule has 1 amide bonds. The number of carbonyl (C=O) groups is 1. The van der Waals surface area contributed by atoms with E-state index in [0.717, 1.165) is 0 Å². The maximum absolute atomic E-state index is 11.8. The Morgan fingerprint density at radius 3 is 3.00 bits per heavy atom. The Hall–Kier alpha value is -1.80. The summed E-state index contributed by atoms with van der Waals surface area (Å²) >= 11 is 1.65. The molecule has 0 aliphatic carbocycles. The third kappa shape index (κ3) is 3.83. The minimum Gasteiger partial charge on any atom is -0.353 e. The summed E-state index contributed by atoms with van der Waals surface area (Å²) in [6, 6.07) is 2.24. The standard InChI is InChI=1S/C11H16N6OS/c1-16(2)10(9-3-4-19-7-9)5-12-11(18)6-17-8-13-14-15-17/h3-4,7-8,10H,5-6H2,1-2H3,(H,12,18). The summed E-state index contributed by atoms with van der Waals surface area (Å²) in [6.45, 7) is 0.696. The molecule has 0 bridgehead atoms. The normalized spacial score (nSPS) is 12.6. The molecule has 0 aromatic carbocycles. The molecule has 7 nitrogen and oxygen atoms in total. The Labute approximate surface area is 115 Å². The molecule has 2 rings (SSSR count). The first-order valence-corrected chi connectivity index (χ1v) is 6.77. The zero-order valence-corrected chi connectivity index (χ0v) is 11.7. The van der Waals surface area contributed by atoms with Crippen LogP contribution in [0.5, 0.6) is 0 Å². The number of hydrogen-bond acceptors (Lipinski definition) is 6. The first-order valence-electron chi connectivity index (χ1n) is 5.83. The fourth-order valence-corrected chi connectivity index (χ4v) is 2.44. The molecular formula is C11H16N6OS. The Morgan fingerprint density at radius 2 is 2.42 bits per heavy atom. The Kier molecular flexibility index (Phi) is 4.58. The first kappa shape index (κ1) is 13.6. The second-order valence-electron chi connectivity index (χ2n) is 4.35. The van der Waals surface area contributed by atoms with E-state index in [9.17, 15) is 4.79 Å². The molecule has 0 spiro atoms. The van der Waals surface area contributed by atoms with Gasteiger partial charge in [0.25, 0.3) is 0 Å². The summed E-state index contributed by atoms with van der Waals surface area (Å²) in [7, 11) is 3.99. The molecule has 0 saturated heterocycles. The highest BCUT2D eigenvalue weighted by Crippen LogP contribution is 2.19. The van der Waals surface area contributed by atoms with Crippen molar-refractivity contribution in [3.8, 4) is 0 Å². The average molecular weight is 280 g/mol. The van der Waals surface area contributed by atoms with E-state index in [0.29, 0.717) is 6.54 Å². The Bertz CT molecular complexity index is 495. The summed E-state index contributed by atoms with van der Waals surface area (Å²) in [5.41, 5.74) is 1.21. The molecule has 0 fully saturated rings. The highest BCUT2D eigenvalue weighted by molar-refractivity contribution is 7.07. The topological polar surface area (TPSA) is 75.9 Å². The van der Waals surface area contributed by atoms with Crippen LogP contribution < -0.4 is 5.32 Å². The Balaban J connectivity index is 1.87. The van der Waals surface area contributed by atoms with Crippen LogP contribution in [0, 0.1) is 0 Å². The van der Waals surface area contributed by atoms with Crippen LogP contribution in [-0.2, 0) is 11.3 Å².